The van der Waals surface area contributed by atoms with E-state index in [0.717, 1.165) is 18.6 Å². The summed E-state index contributed by atoms with van der Waals surface area (Å²) in [6.45, 7) is 6.86. The monoisotopic (exact) mass is 284 g/mol. The maximum atomic E-state index is 13.2. The van der Waals surface area contributed by atoms with Gasteiger partial charge in [0.05, 0.1) is 7.11 Å². The van der Waals surface area contributed by atoms with Gasteiger partial charge in [0.15, 0.2) is 0 Å². The van der Waals surface area contributed by atoms with E-state index in [0.29, 0.717) is 17.6 Å². The van der Waals surface area contributed by atoms with Gasteiger partial charge in [-0.2, -0.15) is 0 Å². The summed E-state index contributed by atoms with van der Waals surface area (Å²) in [5.41, 5.74) is 1.33. The largest absolute Gasteiger partial charge is 0.497 e. The number of Topliss-reactive ketones (excluding diaryl/α,β-unsaturated/α-hetero) is 1. The molecule has 2 nitrogen and oxygen atoms in total. The molecule has 3 aliphatic carbocycles. The SMILES string of the molecule is COc1ccc([C@@H]2C[C@]23C(=O)[C@@]2(C)CC[C@H]3C2(C)C)cc1. The van der Waals surface area contributed by atoms with Crippen molar-refractivity contribution >= 4 is 5.78 Å². The van der Waals surface area contributed by atoms with Crippen LogP contribution in [0.2, 0.25) is 0 Å². The highest BCUT2D eigenvalue weighted by Gasteiger charge is 2.80. The summed E-state index contributed by atoms with van der Waals surface area (Å²) >= 11 is 0. The van der Waals surface area contributed by atoms with Gasteiger partial charge in [0, 0.05) is 10.8 Å². The molecule has 3 saturated carbocycles. The van der Waals surface area contributed by atoms with E-state index in [1.54, 1.807) is 7.11 Å². The van der Waals surface area contributed by atoms with Gasteiger partial charge in [0.25, 0.3) is 0 Å². The zero-order valence-electron chi connectivity index (χ0n) is 13.4. The fourth-order valence-corrected chi connectivity index (χ4v) is 5.65. The molecule has 2 heteroatoms. The van der Waals surface area contributed by atoms with Crippen LogP contribution >= 0.6 is 0 Å². The molecule has 1 aromatic rings. The standard InChI is InChI=1S/C19H24O2/c1-17(2)15-9-10-18(17,3)16(20)19(15)11-14(19)12-5-7-13(21-4)8-6-12/h5-8,14-15H,9-11H2,1-4H3/t14-,15-,18+,19-/m0/s1. The lowest BCUT2D eigenvalue weighted by Gasteiger charge is -2.32. The number of ether oxygens (including phenoxy) is 1. The van der Waals surface area contributed by atoms with Gasteiger partial charge in [-0.25, -0.2) is 0 Å². The van der Waals surface area contributed by atoms with Gasteiger partial charge in [-0.3, -0.25) is 4.79 Å². The predicted octanol–water partition coefficient (Wildman–Crippen LogP) is 4.19. The molecule has 0 saturated heterocycles. The first-order valence-electron chi connectivity index (χ1n) is 8.07. The van der Waals surface area contributed by atoms with Gasteiger partial charge < -0.3 is 4.74 Å². The smallest absolute Gasteiger partial charge is 0.146 e. The van der Waals surface area contributed by atoms with Crippen LogP contribution in [0.5, 0.6) is 5.75 Å². The second kappa shape index (κ2) is 3.71. The second-order valence-electron chi connectivity index (χ2n) is 8.04. The van der Waals surface area contributed by atoms with Gasteiger partial charge >= 0.3 is 0 Å². The van der Waals surface area contributed by atoms with Crippen molar-refractivity contribution in [1.82, 2.24) is 0 Å². The van der Waals surface area contributed by atoms with Crippen LogP contribution in [0.25, 0.3) is 0 Å². The summed E-state index contributed by atoms with van der Waals surface area (Å²) < 4.78 is 5.24. The number of carbonyl (C=O) groups is 1. The Balaban J connectivity index is 1.71. The number of ketones is 1. The summed E-state index contributed by atoms with van der Waals surface area (Å²) in [7, 11) is 1.69. The van der Waals surface area contributed by atoms with E-state index in [-0.39, 0.29) is 16.2 Å². The number of hydrogen-bond acceptors (Lipinski definition) is 2. The molecule has 4 atom stereocenters. The number of rotatable bonds is 2. The second-order valence-corrected chi connectivity index (χ2v) is 8.04. The first-order chi connectivity index (χ1) is 9.88. The Morgan fingerprint density at radius 1 is 1.14 bits per heavy atom. The molecule has 0 aromatic heterocycles. The molecule has 3 fully saturated rings. The lowest BCUT2D eigenvalue weighted by atomic mass is 9.70. The van der Waals surface area contributed by atoms with Crippen LogP contribution in [0, 0.1) is 22.2 Å². The maximum Gasteiger partial charge on any atom is 0.146 e. The van der Waals surface area contributed by atoms with Crippen LogP contribution in [0.3, 0.4) is 0 Å². The van der Waals surface area contributed by atoms with Crippen LogP contribution in [0.1, 0.15) is 51.5 Å². The van der Waals surface area contributed by atoms with Crippen LogP contribution in [-0.2, 0) is 4.79 Å². The average molecular weight is 284 g/mol. The van der Waals surface area contributed by atoms with Crippen LogP contribution < -0.4 is 4.74 Å². The Bertz CT molecular complexity index is 615. The van der Waals surface area contributed by atoms with Crippen molar-refractivity contribution in [2.45, 2.75) is 46.0 Å². The third kappa shape index (κ3) is 1.32. The Morgan fingerprint density at radius 3 is 2.33 bits per heavy atom. The molecule has 0 heterocycles. The molecule has 0 radical (unpaired) electrons. The summed E-state index contributed by atoms with van der Waals surface area (Å²) in [6, 6.07) is 8.33. The van der Waals surface area contributed by atoms with Crippen molar-refractivity contribution in [2.75, 3.05) is 7.11 Å². The summed E-state index contributed by atoms with van der Waals surface area (Å²) in [5, 5.41) is 0. The van der Waals surface area contributed by atoms with Crippen molar-refractivity contribution in [1.29, 1.82) is 0 Å². The first kappa shape index (κ1) is 13.4. The highest BCUT2D eigenvalue weighted by atomic mass is 16.5. The summed E-state index contributed by atoms with van der Waals surface area (Å²) in [6.07, 6.45) is 3.37. The number of carbonyl (C=O) groups excluding carboxylic acids is 1. The van der Waals surface area contributed by atoms with Crippen LogP contribution in [0.15, 0.2) is 24.3 Å². The van der Waals surface area contributed by atoms with Gasteiger partial charge in [-0.1, -0.05) is 32.9 Å². The molecule has 21 heavy (non-hydrogen) atoms. The van der Waals surface area contributed by atoms with E-state index in [1.807, 2.05) is 12.1 Å². The van der Waals surface area contributed by atoms with E-state index >= 15 is 0 Å². The quantitative estimate of drug-likeness (QED) is 0.814. The lowest BCUT2D eigenvalue weighted by molar-refractivity contribution is -0.133. The van der Waals surface area contributed by atoms with Gasteiger partial charge in [0.2, 0.25) is 0 Å². The molecule has 3 aliphatic rings. The molecular weight excluding hydrogens is 260 g/mol. The van der Waals surface area contributed by atoms with Crippen molar-refractivity contribution in [3.63, 3.8) is 0 Å². The highest BCUT2D eigenvalue weighted by Crippen LogP contribution is 2.81. The Morgan fingerprint density at radius 2 is 1.81 bits per heavy atom. The normalized spacial score (nSPS) is 42.6. The molecule has 1 spiro atoms. The first-order valence-corrected chi connectivity index (χ1v) is 8.07. The molecule has 0 aliphatic heterocycles. The molecule has 1 aromatic carbocycles. The van der Waals surface area contributed by atoms with Gasteiger partial charge in [0.1, 0.15) is 11.5 Å². The van der Waals surface area contributed by atoms with E-state index in [2.05, 4.69) is 32.9 Å². The van der Waals surface area contributed by atoms with Gasteiger partial charge in [-0.15, -0.1) is 0 Å². The van der Waals surface area contributed by atoms with E-state index in [9.17, 15) is 4.79 Å². The van der Waals surface area contributed by atoms with Crippen molar-refractivity contribution in [3.05, 3.63) is 29.8 Å². The van der Waals surface area contributed by atoms with E-state index in [4.69, 9.17) is 4.74 Å². The lowest BCUT2D eigenvalue weighted by Crippen LogP contribution is -2.34. The minimum Gasteiger partial charge on any atom is -0.497 e. The minimum absolute atomic E-state index is 0.0505. The maximum absolute atomic E-state index is 13.2. The van der Waals surface area contributed by atoms with Crippen molar-refractivity contribution in [2.24, 2.45) is 22.2 Å². The number of hydrogen-bond donors (Lipinski definition) is 0. The van der Waals surface area contributed by atoms with Crippen LogP contribution in [-0.4, -0.2) is 12.9 Å². The third-order valence-corrected chi connectivity index (χ3v) is 7.29. The van der Waals surface area contributed by atoms with Crippen molar-refractivity contribution < 1.29 is 9.53 Å². The Kier molecular flexibility index (Phi) is 2.36. The van der Waals surface area contributed by atoms with Crippen LogP contribution in [0.4, 0.5) is 0 Å². The number of methoxy groups -OCH3 is 1. The fourth-order valence-electron chi connectivity index (χ4n) is 5.65. The molecule has 4 rings (SSSR count). The van der Waals surface area contributed by atoms with Crippen molar-refractivity contribution in [3.8, 4) is 5.75 Å². The highest BCUT2D eigenvalue weighted by molar-refractivity contribution is 5.98. The zero-order valence-corrected chi connectivity index (χ0v) is 13.4. The Labute approximate surface area is 126 Å². The number of benzene rings is 1. The molecule has 112 valence electrons. The molecular formula is C19H24O2. The Hall–Kier alpha value is -1.31. The third-order valence-electron chi connectivity index (χ3n) is 7.29. The summed E-state index contributed by atoms with van der Waals surface area (Å²) in [5.74, 6) is 2.44. The predicted molar refractivity (Wildman–Crippen MR) is 82.4 cm³/mol. The van der Waals surface area contributed by atoms with E-state index in [1.165, 1.54) is 12.0 Å². The molecule has 2 bridgehead atoms. The fraction of sp³-hybridized carbons (Fsp3) is 0.632. The summed E-state index contributed by atoms with van der Waals surface area (Å²) in [4.78, 5) is 13.2. The number of fused-ring (bicyclic) bond motifs is 3. The van der Waals surface area contributed by atoms with Gasteiger partial charge in [-0.05, 0) is 54.2 Å². The molecule has 0 N–H and O–H groups in total. The topological polar surface area (TPSA) is 26.3 Å². The molecule has 0 unspecified atom stereocenters. The minimum atomic E-state index is -0.0983. The average Bonchev–Trinajstić information content (AvgIpc) is 3.12. The van der Waals surface area contributed by atoms with E-state index < -0.39 is 0 Å². The zero-order chi connectivity index (χ0) is 15.0. The molecule has 0 amide bonds.